The predicted octanol–water partition coefficient (Wildman–Crippen LogP) is 4.37. The molecule has 1 N–H and O–H groups in total. The van der Waals surface area contributed by atoms with Crippen LogP contribution in [0.1, 0.15) is 57.4 Å². The van der Waals surface area contributed by atoms with Gasteiger partial charge in [0.15, 0.2) is 0 Å². The van der Waals surface area contributed by atoms with Crippen molar-refractivity contribution >= 4 is 0 Å². The maximum absolute atomic E-state index is 9.76. The Morgan fingerprint density at radius 2 is 1.72 bits per heavy atom. The van der Waals surface area contributed by atoms with E-state index in [2.05, 4.69) is 44.2 Å². The molecule has 1 heteroatoms. The van der Waals surface area contributed by atoms with Crippen molar-refractivity contribution in [1.82, 2.24) is 0 Å². The Balaban J connectivity index is 2.28. The van der Waals surface area contributed by atoms with Crippen LogP contribution in [-0.2, 0) is 0 Å². The molecule has 0 aliphatic heterocycles. The minimum Gasteiger partial charge on any atom is -0.396 e. The van der Waals surface area contributed by atoms with Crippen LogP contribution >= 0.6 is 0 Å². The van der Waals surface area contributed by atoms with E-state index in [4.69, 9.17) is 0 Å². The highest BCUT2D eigenvalue weighted by Gasteiger charge is 2.36. The van der Waals surface area contributed by atoms with Gasteiger partial charge in [0.1, 0.15) is 0 Å². The molecule has 1 aliphatic carbocycles. The molecule has 0 radical (unpaired) electrons. The van der Waals surface area contributed by atoms with Crippen LogP contribution in [0.2, 0.25) is 0 Å². The Hall–Kier alpha value is -0.820. The molecular weight excluding hydrogens is 220 g/mol. The molecule has 100 valence electrons. The summed E-state index contributed by atoms with van der Waals surface area (Å²) in [6.45, 7) is 4.68. The van der Waals surface area contributed by atoms with Crippen LogP contribution in [0.15, 0.2) is 30.3 Å². The van der Waals surface area contributed by atoms with Crippen molar-refractivity contribution in [1.29, 1.82) is 0 Å². The van der Waals surface area contributed by atoms with Gasteiger partial charge in [0.25, 0.3) is 0 Å². The van der Waals surface area contributed by atoms with Gasteiger partial charge in [0.2, 0.25) is 0 Å². The summed E-state index contributed by atoms with van der Waals surface area (Å²) in [5, 5.41) is 9.76. The summed E-state index contributed by atoms with van der Waals surface area (Å²) in [5.74, 6) is 1.23. The Bertz CT molecular complexity index is 349. The van der Waals surface area contributed by atoms with Crippen LogP contribution < -0.4 is 0 Å². The molecule has 1 atom stereocenters. The molecule has 0 heterocycles. The summed E-state index contributed by atoms with van der Waals surface area (Å²) in [4.78, 5) is 0. The summed E-state index contributed by atoms with van der Waals surface area (Å²) < 4.78 is 0. The third-order valence-electron chi connectivity index (χ3n) is 4.53. The molecule has 1 aromatic rings. The molecule has 1 fully saturated rings. The average molecular weight is 246 g/mol. The summed E-state index contributed by atoms with van der Waals surface area (Å²) in [6, 6.07) is 10.8. The van der Waals surface area contributed by atoms with E-state index in [1.807, 2.05) is 0 Å². The van der Waals surface area contributed by atoms with Crippen molar-refractivity contribution in [3.05, 3.63) is 35.9 Å². The zero-order valence-corrected chi connectivity index (χ0v) is 11.7. The quantitative estimate of drug-likeness (QED) is 0.836. The average Bonchev–Trinajstić information content (AvgIpc) is 2.41. The van der Waals surface area contributed by atoms with Gasteiger partial charge >= 0.3 is 0 Å². The molecule has 0 aromatic heterocycles. The number of aliphatic hydroxyl groups is 1. The number of rotatable bonds is 4. The van der Waals surface area contributed by atoms with E-state index >= 15 is 0 Å². The third kappa shape index (κ3) is 2.95. The molecule has 0 bridgehead atoms. The van der Waals surface area contributed by atoms with E-state index in [-0.39, 0.29) is 12.0 Å². The lowest BCUT2D eigenvalue weighted by molar-refractivity contribution is 0.0904. The molecular formula is C17H26O. The van der Waals surface area contributed by atoms with Gasteiger partial charge in [-0.25, -0.2) is 0 Å². The zero-order chi connectivity index (χ0) is 13.0. The highest BCUT2D eigenvalue weighted by atomic mass is 16.3. The van der Waals surface area contributed by atoms with Gasteiger partial charge in [0, 0.05) is 6.61 Å². The van der Waals surface area contributed by atoms with Gasteiger partial charge in [-0.15, -0.1) is 0 Å². The van der Waals surface area contributed by atoms with E-state index in [9.17, 15) is 5.11 Å². The van der Waals surface area contributed by atoms with E-state index in [1.165, 1.54) is 37.7 Å². The fourth-order valence-corrected chi connectivity index (χ4v) is 3.59. The van der Waals surface area contributed by atoms with E-state index in [0.717, 1.165) is 5.92 Å². The van der Waals surface area contributed by atoms with Crippen molar-refractivity contribution < 1.29 is 5.11 Å². The minimum absolute atomic E-state index is 0.0244. The molecule has 0 saturated heterocycles. The first-order valence-electron chi connectivity index (χ1n) is 7.31. The summed E-state index contributed by atoms with van der Waals surface area (Å²) in [5.41, 5.74) is 1.38. The van der Waals surface area contributed by atoms with Crippen LogP contribution in [0, 0.1) is 11.3 Å². The highest BCUT2D eigenvalue weighted by Crippen LogP contribution is 2.46. The van der Waals surface area contributed by atoms with Crippen LogP contribution in [0.25, 0.3) is 0 Å². The van der Waals surface area contributed by atoms with Gasteiger partial charge in [-0.05, 0) is 35.7 Å². The lowest BCUT2D eigenvalue weighted by atomic mass is 9.65. The van der Waals surface area contributed by atoms with Gasteiger partial charge in [-0.1, -0.05) is 63.4 Å². The second-order valence-corrected chi connectivity index (χ2v) is 6.43. The third-order valence-corrected chi connectivity index (χ3v) is 4.53. The summed E-state index contributed by atoms with van der Waals surface area (Å²) in [6.07, 6.45) is 6.74. The molecule has 1 unspecified atom stereocenters. The smallest absolute Gasteiger partial charge is 0.0488 e. The molecule has 0 amide bonds. The fraction of sp³-hybridized carbons (Fsp3) is 0.647. The first-order chi connectivity index (χ1) is 8.65. The number of benzene rings is 1. The first kappa shape index (κ1) is 13.6. The summed E-state index contributed by atoms with van der Waals surface area (Å²) >= 11 is 0. The van der Waals surface area contributed by atoms with E-state index in [0.29, 0.717) is 5.92 Å². The maximum atomic E-state index is 9.76. The Kier molecular flexibility index (Phi) is 4.45. The highest BCUT2D eigenvalue weighted by molar-refractivity contribution is 5.23. The molecule has 1 nitrogen and oxygen atoms in total. The van der Waals surface area contributed by atoms with Crippen LogP contribution in [0.5, 0.6) is 0 Å². The van der Waals surface area contributed by atoms with Crippen molar-refractivity contribution in [3.63, 3.8) is 0 Å². The first-order valence-corrected chi connectivity index (χ1v) is 7.31. The van der Waals surface area contributed by atoms with Gasteiger partial charge in [-0.3, -0.25) is 0 Å². The fourth-order valence-electron chi connectivity index (χ4n) is 3.59. The van der Waals surface area contributed by atoms with Crippen LogP contribution in [0.3, 0.4) is 0 Å². The normalized spacial score (nSPS) is 19.7. The van der Waals surface area contributed by atoms with Crippen molar-refractivity contribution in [2.24, 2.45) is 11.3 Å². The Labute approximate surface area is 111 Å². The van der Waals surface area contributed by atoms with Gasteiger partial charge < -0.3 is 5.11 Å². The lowest BCUT2D eigenvalue weighted by Gasteiger charge is -2.40. The number of hydrogen-bond acceptors (Lipinski definition) is 1. The van der Waals surface area contributed by atoms with Crippen molar-refractivity contribution in [2.45, 2.75) is 51.9 Å². The van der Waals surface area contributed by atoms with Gasteiger partial charge in [0.05, 0.1) is 0 Å². The standard InChI is InChI=1S/C17H26O/c1-17(2,13-18)16(14-9-5-3-6-10-14)15-11-7-4-8-12-15/h3,5-6,9-10,15-16,18H,4,7-8,11-13H2,1-2H3. The molecule has 18 heavy (non-hydrogen) atoms. The van der Waals surface area contributed by atoms with Crippen molar-refractivity contribution in [2.75, 3.05) is 6.61 Å². The number of aliphatic hydroxyl groups excluding tert-OH is 1. The Morgan fingerprint density at radius 3 is 2.28 bits per heavy atom. The van der Waals surface area contributed by atoms with Crippen LogP contribution in [-0.4, -0.2) is 11.7 Å². The number of hydrogen-bond donors (Lipinski definition) is 1. The van der Waals surface area contributed by atoms with Gasteiger partial charge in [-0.2, -0.15) is 0 Å². The molecule has 2 rings (SSSR count). The summed E-state index contributed by atoms with van der Waals surface area (Å²) in [7, 11) is 0. The van der Waals surface area contributed by atoms with Crippen molar-refractivity contribution in [3.8, 4) is 0 Å². The van der Waals surface area contributed by atoms with Crippen LogP contribution in [0.4, 0.5) is 0 Å². The lowest BCUT2D eigenvalue weighted by Crippen LogP contribution is -2.32. The largest absolute Gasteiger partial charge is 0.396 e. The second kappa shape index (κ2) is 5.88. The zero-order valence-electron chi connectivity index (χ0n) is 11.7. The maximum Gasteiger partial charge on any atom is 0.0488 e. The SMILES string of the molecule is CC(C)(CO)C(c1ccccc1)C1CCCCC1. The monoisotopic (exact) mass is 246 g/mol. The molecule has 1 aliphatic rings. The second-order valence-electron chi connectivity index (χ2n) is 6.43. The van der Waals surface area contributed by atoms with E-state index < -0.39 is 0 Å². The molecule has 1 aromatic carbocycles. The minimum atomic E-state index is -0.0244. The van der Waals surface area contributed by atoms with E-state index in [1.54, 1.807) is 0 Å². The Morgan fingerprint density at radius 1 is 1.11 bits per heavy atom. The predicted molar refractivity (Wildman–Crippen MR) is 76.6 cm³/mol. The molecule has 1 saturated carbocycles. The topological polar surface area (TPSA) is 20.2 Å². The molecule has 0 spiro atoms.